The van der Waals surface area contributed by atoms with Crippen molar-refractivity contribution in [2.75, 3.05) is 0 Å². The van der Waals surface area contributed by atoms with Crippen molar-refractivity contribution < 1.29 is 19.9 Å². The van der Waals surface area contributed by atoms with E-state index in [1.165, 1.54) is 23.7 Å². The van der Waals surface area contributed by atoms with E-state index >= 15 is 0 Å². The monoisotopic (exact) mass is 400 g/mol. The molecule has 0 radical (unpaired) electrons. The van der Waals surface area contributed by atoms with E-state index in [4.69, 9.17) is 0 Å². The number of aromatic nitrogens is 1. The Morgan fingerprint density at radius 3 is 2.17 bits per heavy atom. The lowest BCUT2D eigenvalue weighted by Crippen LogP contribution is -1.92. The molecule has 0 saturated heterocycles. The molecule has 3 rings (SSSR count). The maximum atomic E-state index is 11.2. The normalized spacial score (nSPS) is 11.2. The second-order valence-corrected chi connectivity index (χ2v) is 6.03. The standard InChI is InChI=1S/C16H12N6O7/c1-8-5-10(21(26)27)6-11-14(16(23)19(2)15(8)11)18-17-12-4-3-9(20(24)25)7-13(12)22(28)29/h3-7,23H,1-2H3. The third kappa shape index (κ3) is 3.31. The molecular formula is C16H12N6O7. The fraction of sp³-hybridized carbons (Fsp3) is 0.125. The molecule has 0 bridgehead atoms. The van der Waals surface area contributed by atoms with Crippen LogP contribution in [0.1, 0.15) is 5.56 Å². The number of non-ortho nitro benzene ring substituents is 2. The van der Waals surface area contributed by atoms with Gasteiger partial charge in [0.1, 0.15) is 0 Å². The number of aryl methyl sites for hydroxylation is 2. The lowest BCUT2D eigenvalue weighted by atomic mass is 10.1. The summed E-state index contributed by atoms with van der Waals surface area (Å²) in [5.41, 5.74) is -0.783. The van der Waals surface area contributed by atoms with Gasteiger partial charge in [0.2, 0.25) is 5.88 Å². The van der Waals surface area contributed by atoms with E-state index in [0.29, 0.717) is 11.1 Å². The van der Waals surface area contributed by atoms with Gasteiger partial charge >= 0.3 is 5.69 Å². The second kappa shape index (κ2) is 6.95. The molecule has 0 atom stereocenters. The smallest absolute Gasteiger partial charge is 0.303 e. The first-order chi connectivity index (χ1) is 13.6. The number of aromatic hydroxyl groups is 1. The lowest BCUT2D eigenvalue weighted by Gasteiger charge is -2.01. The summed E-state index contributed by atoms with van der Waals surface area (Å²) in [6.07, 6.45) is 0. The molecule has 0 saturated carbocycles. The largest absolute Gasteiger partial charge is 0.493 e. The first-order valence-corrected chi connectivity index (χ1v) is 7.92. The predicted molar refractivity (Wildman–Crippen MR) is 99.9 cm³/mol. The predicted octanol–water partition coefficient (Wildman–Crippen LogP) is 4.33. The molecule has 0 aliphatic heterocycles. The molecule has 0 aliphatic rings. The highest BCUT2D eigenvalue weighted by Gasteiger charge is 2.22. The van der Waals surface area contributed by atoms with Crippen LogP contribution in [0.3, 0.4) is 0 Å². The molecule has 3 aromatic rings. The van der Waals surface area contributed by atoms with Crippen molar-refractivity contribution in [2.24, 2.45) is 17.3 Å². The van der Waals surface area contributed by atoms with Crippen LogP contribution in [-0.4, -0.2) is 24.4 Å². The number of fused-ring (bicyclic) bond motifs is 1. The molecule has 0 aliphatic carbocycles. The van der Waals surface area contributed by atoms with E-state index in [-0.39, 0.29) is 28.3 Å². The van der Waals surface area contributed by atoms with Gasteiger partial charge in [0.05, 0.1) is 26.4 Å². The fourth-order valence-corrected chi connectivity index (χ4v) is 2.94. The average Bonchev–Trinajstić information content (AvgIpc) is 2.90. The van der Waals surface area contributed by atoms with Gasteiger partial charge in [-0.1, -0.05) is 0 Å². The topological polar surface area (TPSA) is 179 Å². The van der Waals surface area contributed by atoms with E-state index in [1.54, 1.807) is 6.92 Å². The molecule has 0 spiro atoms. The lowest BCUT2D eigenvalue weighted by molar-refractivity contribution is -0.393. The maximum Gasteiger partial charge on any atom is 0.303 e. The van der Waals surface area contributed by atoms with Gasteiger partial charge in [0.25, 0.3) is 11.4 Å². The molecule has 0 fully saturated rings. The quantitative estimate of drug-likeness (QED) is 0.376. The summed E-state index contributed by atoms with van der Waals surface area (Å²) in [4.78, 5) is 30.9. The number of hydrogen-bond donors (Lipinski definition) is 1. The van der Waals surface area contributed by atoms with Crippen LogP contribution in [0.2, 0.25) is 0 Å². The summed E-state index contributed by atoms with van der Waals surface area (Å²) in [6, 6.07) is 5.37. The summed E-state index contributed by atoms with van der Waals surface area (Å²) < 4.78 is 1.35. The van der Waals surface area contributed by atoms with Crippen molar-refractivity contribution in [1.29, 1.82) is 0 Å². The molecule has 148 valence electrons. The Morgan fingerprint density at radius 1 is 0.931 bits per heavy atom. The van der Waals surface area contributed by atoms with Crippen molar-refractivity contribution in [3.8, 4) is 5.88 Å². The van der Waals surface area contributed by atoms with Crippen LogP contribution in [0, 0.1) is 37.3 Å². The van der Waals surface area contributed by atoms with Gasteiger partial charge in [-0.15, -0.1) is 10.2 Å². The highest BCUT2D eigenvalue weighted by Crippen LogP contribution is 2.42. The SMILES string of the molecule is Cc1cc([N+](=O)[O-])cc2c(N=Nc3ccc([N+](=O)[O-])cc3[N+](=O)[O-])c(O)n(C)c12. The van der Waals surface area contributed by atoms with Crippen molar-refractivity contribution in [1.82, 2.24) is 4.57 Å². The number of nitrogens with zero attached hydrogens (tertiary/aromatic N) is 6. The Bertz CT molecular complexity index is 1230. The van der Waals surface area contributed by atoms with Crippen LogP contribution in [0.4, 0.5) is 28.4 Å². The molecule has 1 N–H and O–H groups in total. The summed E-state index contributed by atoms with van der Waals surface area (Å²) in [6.45, 7) is 1.62. The number of azo groups is 1. The molecular weight excluding hydrogens is 388 g/mol. The van der Waals surface area contributed by atoms with Gasteiger partial charge in [0.15, 0.2) is 11.4 Å². The minimum atomic E-state index is -0.848. The van der Waals surface area contributed by atoms with E-state index in [9.17, 15) is 35.4 Å². The number of hydrogen-bond acceptors (Lipinski definition) is 9. The molecule has 0 amide bonds. The maximum absolute atomic E-state index is 11.2. The number of nitro benzene ring substituents is 3. The van der Waals surface area contributed by atoms with Crippen LogP contribution in [0.15, 0.2) is 40.6 Å². The van der Waals surface area contributed by atoms with Crippen molar-refractivity contribution in [3.63, 3.8) is 0 Å². The molecule has 1 aromatic heterocycles. The average molecular weight is 400 g/mol. The Morgan fingerprint density at radius 2 is 1.59 bits per heavy atom. The molecule has 29 heavy (non-hydrogen) atoms. The Balaban J connectivity index is 2.19. The van der Waals surface area contributed by atoms with Crippen LogP contribution in [0.25, 0.3) is 10.9 Å². The van der Waals surface area contributed by atoms with E-state index in [0.717, 1.165) is 18.2 Å². The van der Waals surface area contributed by atoms with Gasteiger partial charge in [-0.2, -0.15) is 0 Å². The molecule has 13 heteroatoms. The highest BCUT2D eigenvalue weighted by atomic mass is 16.6. The van der Waals surface area contributed by atoms with Crippen LogP contribution in [0.5, 0.6) is 5.88 Å². The zero-order valence-corrected chi connectivity index (χ0v) is 15.0. The van der Waals surface area contributed by atoms with Crippen LogP contribution >= 0.6 is 0 Å². The molecule has 2 aromatic carbocycles. The van der Waals surface area contributed by atoms with Gasteiger partial charge in [-0.05, 0) is 18.6 Å². The number of rotatable bonds is 5. The van der Waals surface area contributed by atoms with Gasteiger partial charge in [-0.3, -0.25) is 30.3 Å². The zero-order valence-electron chi connectivity index (χ0n) is 15.0. The Kier molecular flexibility index (Phi) is 4.64. The number of nitro groups is 3. The Labute approximate surface area is 161 Å². The number of benzene rings is 2. The third-order valence-corrected chi connectivity index (χ3v) is 4.24. The van der Waals surface area contributed by atoms with E-state index < -0.39 is 26.1 Å². The molecule has 0 unspecified atom stereocenters. The van der Waals surface area contributed by atoms with E-state index in [2.05, 4.69) is 10.2 Å². The molecule has 1 heterocycles. The van der Waals surface area contributed by atoms with Crippen LogP contribution in [-0.2, 0) is 7.05 Å². The molecule has 13 nitrogen and oxygen atoms in total. The first kappa shape index (κ1) is 19.3. The minimum Gasteiger partial charge on any atom is -0.493 e. The van der Waals surface area contributed by atoms with Gasteiger partial charge < -0.3 is 9.67 Å². The van der Waals surface area contributed by atoms with Crippen LogP contribution < -0.4 is 0 Å². The highest BCUT2D eigenvalue weighted by molar-refractivity contribution is 5.98. The summed E-state index contributed by atoms with van der Waals surface area (Å²) in [5.74, 6) is -0.350. The minimum absolute atomic E-state index is 0.123. The zero-order chi connectivity index (χ0) is 21.5. The summed E-state index contributed by atoms with van der Waals surface area (Å²) in [5, 5.41) is 51.3. The van der Waals surface area contributed by atoms with Gasteiger partial charge in [-0.25, -0.2) is 0 Å². The van der Waals surface area contributed by atoms with Gasteiger partial charge in [0, 0.05) is 30.6 Å². The van der Waals surface area contributed by atoms with Crippen molar-refractivity contribution in [2.45, 2.75) is 6.92 Å². The Hall–Kier alpha value is -4.42. The van der Waals surface area contributed by atoms with Crippen molar-refractivity contribution in [3.05, 3.63) is 66.2 Å². The second-order valence-electron chi connectivity index (χ2n) is 6.03. The summed E-state index contributed by atoms with van der Waals surface area (Å²) >= 11 is 0. The third-order valence-electron chi connectivity index (χ3n) is 4.24. The fourth-order valence-electron chi connectivity index (χ4n) is 2.94. The summed E-state index contributed by atoms with van der Waals surface area (Å²) in [7, 11) is 1.52. The first-order valence-electron chi connectivity index (χ1n) is 7.92. The van der Waals surface area contributed by atoms with E-state index in [1.807, 2.05) is 0 Å². The van der Waals surface area contributed by atoms with Crippen molar-refractivity contribution >= 4 is 39.3 Å².